The summed E-state index contributed by atoms with van der Waals surface area (Å²) < 4.78 is 10.6. The first-order chi connectivity index (χ1) is 12.7. The van der Waals surface area contributed by atoms with Crippen molar-refractivity contribution in [3.05, 3.63) is 71.8 Å². The van der Waals surface area contributed by atoms with Crippen molar-refractivity contribution in [1.29, 1.82) is 0 Å². The molecule has 0 aliphatic carbocycles. The molecular weight excluding hydrogens is 332 g/mol. The van der Waals surface area contributed by atoms with Crippen LogP contribution >= 0.6 is 0 Å². The Bertz CT molecular complexity index is 721. The third-order valence-corrected chi connectivity index (χ3v) is 4.09. The molecule has 26 heavy (non-hydrogen) atoms. The highest BCUT2D eigenvalue weighted by molar-refractivity contribution is 5.78. The van der Waals surface area contributed by atoms with Gasteiger partial charge >= 0.3 is 6.09 Å². The van der Waals surface area contributed by atoms with Crippen LogP contribution in [-0.2, 0) is 27.4 Å². The molecule has 0 radical (unpaired) electrons. The Morgan fingerprint density at radius 1 is 1.08 bits per heavy atom. The summed E-state index contributed by atoms with van der Waals surface area (Å²) in [4.78, 5) is 26.0. The Kier molecular flexibility index (Phi) is 6.22. The number of hydrogen-bond donors (Lipinski definition) is 1. The van der Waals surface area contributed by atoms with E-state index in [1.165, 1.54) is 0 Å². The molecule has 1 N–H and O–H groups in total. The maximum absolute atomic E-state index is 12.2. The van der Waals surface area contributed by atoms with Gasteiger partial charge in [0.2, 0.25) is 5.91 Å². The molecule has 6 nitrogen and oxygen atoms in total. The molecule has 1 heterocycles. The zero-order valence-corrected chi connectivity index (χ0v) is 14.5. The number of nitrogens with one attached hydrogen (secondary N) is 1. The molecule has 0 bridgehead atoms. The first-order valence-electron chi connectivity index (χ1n) is 8.57. The van der Waals surface area contributed by atoms with Crippen molar-refractivity contribution in [2.75, 3.05) is 19.8 Å². The summed E-state index contributed by atoms with van der Waals surface area (Å²) >= 11 is 0. The van der Waals surface area contributed by atoms with E-state index in [9.17, 15) is 9.59 Å². The minimum absolute atomic E-state index is 0.0179. The fourth-order valence-electron chi connectivity index (χ4n) is 2.78. The third kappa shape index (κ3) is 5.32. The molecule has 6 heteroatoms. The second-order valence-electron chi connectivity index (χ2n) is 6.18. The number of carbonyl (C=O) groups is 2. The molecule has 2 aromatic carbocycles. The molecule has 3 rings (SSSR count). The van der Waals surface area contributed by atoms with Crippen LogP contribution in [0, 0.1) is 0 Å². The van der Waals surface area contributed by atoms with Gasteiger partial charge in [0.15, 0.2) is 0 Å². The van der Waals surface area contributed by atoms with E-state index in [1.807, 2.05) is 60.7 Å². The van der Waals surface area contributed by atoms with Gasteiger partial charge in [-0.1, -0.05) is 60.7 Å². The fraction of sp³-hybridized carbons (Fsp3) is 0.300. The number of ether oxygens (including phenoxy) is 2. The minimum Gasteiger partial charge on any atom is -0.445 e. The SMILES string of the molecule is O=C(NC1COCC(=O)N(Cc2ccccc2)C1)OCc1ccccc1. The molecule has 2 aromatic rings. The van der Waals surface area contributed by atoms with Gasteiger partial charge in [0, 0.05) is 13.1 Å². The lowest BCUT2D eigenvalue weighted by molar-refractivity contribution is -0.134. The van der Waals surface area contributed by atoms with Crippen molar-refractivity contribution in [1.82, 2.24) is 10.2 Å². The Morgan fingerprint density at radius 2 is 1.73 bits per heavy atom. The molecule has 1 saturated heterocycles. The van der Waals surface area contributed by atoms with Gasteiger partial charge in [0.05, 0.1) is 12.6 Å². The van der Waals surface area contributed by atoms with Gasteiger partial charge in [0.25, 0.3) is 0 Å². The smallest absolute Gasteiger partial charge is 0.407 e. The van der Waals surface area contributed by atoms with Crippen LogP contribution in [0.2, 0.25) is 0 Å². The van der Waals surface area contributed by atoms with Gasteiger partial charge in [-0.05, 0) is 11.1 Å². The van der Waals surface area contributed by atoms with Crippen LogP contribution in [0.5, 0.6) is 0 Å². The molecular formula is C20H22N2O4. The van der Waals surface area contributed by atoms with E-state index < -0.39 is 6.09 Å². The monoisotopic (exact) mass is 354 g/mol. The van der Waals surface area contributed by atoms with E-state index in [0.29, 0.717) is 13.1 Å². The van der Waals surface area contributed by atoms with Gasteiger partial charge in [-0.15, -0.1) is 0 Å². The summed E-state index contributed by atoms with van der Waals surface area (Å²) in [5.74, 6) is -0.0872. The summed E-state index contributed by atoms with van der Waals surface area (Å²) in [7, 11) is 0. The van der Waals surface area contributed by atoms with Crippen molar-refractivity contribution >= 4 is 12.0 Å². The number of amides is 2. The highest BCUT2D eigenvalue weighted by Gasteiger charge is 2.25. The van der Waals surface area contributed by atoms with Crippen molar-refractivity contribution in [3.8, 4) is 0 Å². The lowest BCUT2D eigenvalue weighted by atomic mass is 10.2. The van der Waals surface area contributed by atoms with Gasteiger partial charge in [-0.2, -0.15) is 0 Å². The lowest BCUT2D eigenvalue weighted by Crippen LogP contribution is -2.45. The summed E-state index contributed by atoms with van der Waals surface area (Å²) in [5, 5.41) is 2.79. The van der Waals surface area contributed by atoms with Crippen molar-refractivity contribution in [3.63, 3.8) is 0 Å². The topological polar surface area (TPSA) is 67.9 Å². The molecule has 2 amide bonds. The van der Waals surface area contributed by atoms with Crippen LogP contribution in [0.15, 0.2) is 60.7 Å². The first-order valence-corrected chi connectivity index (χ1v) is 8.57. The van der Waals surface area contributed by atoms with Crippen LogP contribution in [0.1, 0.15) is 11.1 Å². The lowest BCUT2D eigenvalue weighted by Gasteiger charge is -2.24. The van der Waals surface area contributed by atoms with Crippen LogP contribution in [-0.4, -0.2) is 42.7 Å². The minimum atomic E-state index is -0.517. The van der Waals surface area contributed by atoms with E-state index in [-0.39, 0.29) is 31.8 Å². The van der Waals surface area contributed by atoms with Crippen LogP contribution in [0.4, 0.5) is 4.79 Å². The number of benzene rings is 2. The zero-order chi connectivity index (χ0) is 18.2. The average molecular weight is 354 g/mol. The second kappa shape index (κ2) is 9.01. The molecule has 0 spiro atoms. The normalized spacial score (nSPS) is 17.5. The zero-order valence-electron chi connectivity index (χ0n) is 14.5. The van der Waals surface area contributed by atoms with Gasteiger partial charge in [0.1, 0.15) is 13.2 Å². The summed E-state index contributed by atoms with van der Waals surface area (Å²) in [6, 6.07) is 18.9. The van der Waals surface area contributed by atoms with E-state index in [4.69, 9.17) is 9.47 Å². The quantitative estimate of drug-likeness (QED) is 0.895. The molecule has 1 aliphatic heterocycles. The highest BCUT2D eigenvalue weighted by Crippen LogP contribution is 2.09. The molecule has 1 aliphatic rings. The number of nitrogens with zero attached hydrogens (tertiary/aromatic N) is 1. The summed E-state index contributed by atoms with van der Waals surface area (Å²) in [6.45, 7) is 1.36. The van der Waals surface area contributed by atoms with Crippen LogP contribution < -0.4 is 5.32 Å². The Morgan fingerprint density at radius 3 is 2.42 bits per heavy atom. The van der Waals surface area contributed by atoms with Crippen molar-refractivity contribution in [2.24, 2.45) is 0 Å². The molecule has 1 fully saturated rings. The number of carbonyl (C=O) groups excluding carboxylic acids is 2. The molecule has 0 aromatic heterocycles. The highest BCUT2D eigenvalue weighted by atomic mass is 16.5. The van der Waals surface area contributed by atoms with Crippen molar-refractivity contribution in [2.45, 2.75) is 19.2 Å². The number of alkyl carbamates (subject to hydrolysis) is 1. The second-order valence-corrected chi connectivity index (χ2v) is 6.18. The Hall–Kier alpha value is -2.86. The van der Waals surface area contributed by atoms with Crippen molar-refractivity contribution < 1.29 is 19.1 Å². The summed E-state index contributed by atoms with van der Waals surface area (Å²) in [6.07, 6.45) is -0.517. The largest absolute Gasteiger partial charge is 0.445 e. The number of rotatable bonds is 5. The maximum Gasteiger partial charge on any atom is 0.407 e. The van der Waals surface area contributed by atoms with E-state index in [2.05, 4.69) is 5.32 Å². The molecule has 0 saturated carbocycles. The predicted octanol–water partition coefficient (Wildman–Crippen LogP) is 2.34. The van der Waals surface area contributed by atoms with E-state index in [0.717, 1.165) is 11.1 Å². The molecule has 1 unspecified atom stereocenters. The predicted molar refractivity (Wildman–Crippen MR) is 96.2 cm³/mol. The van der Waals surface area contributed by atoms with E-state index in [1.54, 1.807) is 4.90 Å². The maximum atomic E-state index is 12.2. The van der Waals surface area contributed by atoms with Crippen LogP contribution in [0.3, 0.4) is 0 Å². The van der Waals surface area contributed by atoms with Gasteiger partial charge in [-0.25, -0.2) is 4.79 Å². The third-order valence-electron chi connectivity index (χ3n) is 4.09. The number of hydrogen-bond acceptors (Lipinski definition) is 4. The standard InChI is InChI=1S/C20H22N2O4/c23-19-15-25-14-18(12-22(19)11-16-7-3-1-4-8-16)21-20(24)26-13-17-9-5-2-6-10-17/h1-10,18H,11-15H2,(H,21,24). The average Bonchev–Trinajstić information content (AvgIpc) is 2.83. The van der Waals surface area contributed by atoms with Crippen LogP contribution in [0.25, 0.3) is 0 Å². The summed E-state index contributed by atoms with van der Waals surface area (Å²) in [5.41, 5.74) is 1.95. The van der Waals surface area contributed by atoms with Gasteiger partial charge in [-0.3, -0.25) is 4.79 Å². The Labute approximate surface area is 152 Å². The van der Waals surface area contributed by atoms with E-state index >= 15 is 0 Å². The first kappa shape index (κ1) is 17.9. The Balaban J connectivity index is 1.53. The fourth-order valence-corrected chi connectivity index (χ4v) is 2.78. The van der Waals surface area contributed by atoms with Gasteiger partial charge < -0.3 is 19.7 Å². The molecule has 136 valence electrons. The molecule has 1 atom stereocenters.